The highest BCUT2D eigenvalue weighted by Crippen LogP contribution is 2.43. The number of carbonyl (C=O) groups is 4. The van der Waals surface area contributed by atoms with Crippen LogP contribution in [0.15, 0.2) is 46.6 Å². The zero-order chi connectivity index (χ0) is 48.0. The van der Waals surface area contributed by atoms with Gasteiger partial charge in [0.1, 0.15) is 29.9 Å². The number of anilines is 4. The number of guanidine groups is 2. The average Bonchev–Trinajstić information content (AvgIpc) is 3.97. The van der Waals surface area contributed by atoms with Gasteiger partial charge in [-0.2, -0.15) is 26.3 Å². The summed E-state index contributed by atoms with van der Waals surface area (Å²) >= 11 is 0. The van der Waals surface area contributed by atoms with E-state index in [2.05, 4.69) is 51.9 Å². The number of halogens is 10. The van der Waals surface area contributed by atoms with E-state index in [0.717, 1.165) is 12.4 Å². The standard InChI is InChI=1S/C40H50F6N14O6.4ClH/c41-39(42,43)21-13-25(57-31(61)5-1-3-9-53-37(47)48)33(65-23-7-11-51-18-23)27(15-21)59-35(63)29-17-30(56-20-55-29)36(64)60-28-16-22(40(44,45)46)14-26(34(28)66-24-8-12-52-19-24)58-32(62)6-2-4-10-54-38(49)50;;;;/h13-17,20,23-24,51-52H,1-12,18-19H2,(H,57,61)(H,58,62)(H,59,63)(H,60,64)(H4,47,48,53)(H4,49,50,54);4*1H. The maximum absolute atomic E-state index is 14.3. The van der Waals surface area contributed by atoms with Crippen LogP contribution in [0.4, 0.5) is 49.1 Å². The smallest absolute Gasteiger partial charge is 0.416 e. The zero-order valence-electron chi connectivity index (χ0n) is 37.0. The van der Waals surface area contributed by atoms with Gasteiger partial charge in [-0.05, 0) is 75.9 Å². The van der Waals surface area contributed by atoms with E-state index in [1.54, 1.807) is 0 Å². The minimum Gasteiger partial charge on any atom is -0.485 e. The molecule has 0 spiro atoms. The quantitative estimate of drug-likeness (QED) is 0.0310. The van der Waals surface area contributed by atoms with Gasteiger partial charge < -0.3 is 64.3 Å². The van der Waals surface area contributed by atoms with E-state index >= 15 is 0 Å². The van der Waals surface area contributed by atoms with E-state index in [4.69, 9.17) is 32.4 Å². The number of nitrogens with zero attached hydrogens (tertiary/aromatic N) is 4. The van der Waals surface area contributed by atoms with Gasteiger partial charge >= 0.3 is 12.4 Å². The van der Waals surface area contributed by atoms with Crippen LogP contribution in [0, 0.1) is 0 Å². The van der Waals surface area contributed by atoms with Crippen molar-refractivity contribution in [1.29, 1.82) is 0 Å². The van der Waals surface area contributed by atoms with E-state index in [1.807, 2.05) is 0 Å². The van der Waals surface area contributed by atoms with Crippen molar-refractivity contribution in [3.05, 3.63) is 59.2 Å². The minimum absolute atomic E-state index is 0. The number of nitrogens with two attached hydrogens (primary N) is 4. The Kier molecular flexibility index (Phi) is 25.6. The zero-order valence-corrected chi connectivity index (χ0v) is 40.2. The van der Waals surface area contributed by atoms with E-state index in [0.29, 0.717) is 76.1 Å². The van der Waals surface area contributed by atoms with Gasteiger partial charge in [-0.3, -0.25) is 29.2 Å². The normalized spacial score (nSPS) is 15.0. The molecule has 2 fully saturated rings. The van der Waals surface area contributed by atoms with Crippen LogP contribution in [-0.4, -0.2) is 97.0 Å². The van der Waals surface area contributed by atoms with Crippen LogP contribution in [-0.2, 0) is 21.9 Å². The molecule has 2 saturated heterocycles. The summed E-state index contributed by atoms with van der Waals surface area (Å²) in [6, 6.07) is 3.40. The van der Waals surface area contributed by atoms with Crippen molar-refractivity contribution < 1.29 is 55.0 Å². The predicted octanol–water partition coefficient (Wildman–Crippen LogP) is 4.95. The van der Waals surface area contributed by atoms with Gasteiger partial charge in [0.05, 0.1) is 33.9 Å². The number of hydrogen-bond donors (Lipinski definition) is 10. The first kappa shape index (κ1) is 62.2. The monoisotopic (exact) mass is 1080 g/mol. The van der Waals surface area contributed by atoms with Crippen molar-refractivity contribution in [2.45, 2.75) is 75.9 Å². The van der Waals surface area contributed by atoms with Crippen molar-refractivity contribution in [3.8, 4) is 11.5 Å². The summed E-state index contributed by atoms with van der Waals surface area (Å²) in [5.74, 6) is -4.53. The van der Waals surface area contributed by atoms with Gasteiger partial charge in [0.15, 0.2) is 23.4 Å². The number of aromatic nitrogens is 2. The fraction of sp³-hybridized carbons (Fsp3) is 0.450. The third-order valence-corrected chi connectivity index (χ3v) is 9.82. The van der Waals surface area contributed by atoms with E-state index < -0.39 is 93.5 Å². The largest absolute Gasteiger partial charge is 0.485 e. The van der Waals surface area contributed by atoms with E-state index in [9.17, 15) is 45.5 Å². The lowest BCUT2D eigenvalue weighted by atomic mass is 10.1. The summed E-state index contributed by atoms with van der Waals surface area (Å²) in [7, 11) is 0. The molecular weight excluding hydrogens is 1030 g/mol. The van der Waals surface area contributed by atoms with Crippen LogP contribution < -0.4 is 64.3 Å². The summed E-state index contributed by atoms with van der Waals surface area (Å²) in [6.07, 6.45) is -8.36. The molecule has 3 aromatic rings. The van der Waals surface area contributed by atoms with E-state index in [-0.39, 0.29) is 112 Å². The molecule has 20 nitrogen and oxygen atoms in total. The first-order valence-corrected chi connectivity index (χ1v) is 20.7. The van der Waals surface area contributed by atoms with Gasteiger partial charge in [0.25, 0.3) is 11.8 Å². The third kappa shape index (κ3) is 19.2. The van der Waals surface area contributed by atoms with Crippen LogP contribution in [0.5, 0.6) is 11.5 Å². The van der Waals surface area contributed by atoms with Crippen molar-refractivity contribution >= 4 is 108 Å². The number of benzene rings is 2. The molecule has 4 amide bonds. The molecule has 0 bridgehead atoms. The van der Waals surface area contributed by atoms with Crippen LogP contribution in [0.3, 0.4) is 0 Å². The first-order chi connectivity index (χ1) is 31.3. The van der Waals surface area contributed by atoms with Crippen LogP contribution >= 0.6 is 49.6 Å². The molecule has 2 aromatic carbocycles. The van der Waals surface area contributed by atoms with Gasteiger partial charge in [-0.25, -0.2) is 9.97 Å². The number of unbranched alkanes of at least 4 members (excludes halogenated alkanes) is 2. The van der Waals surface area contributed by atoms with Gasteiger partial charge in [-0.1, -0.05) is 0 Å². The summed E-state index contributed by atoms with van der Waals surface area (Å²) < 4.78 is 97.9. The Morgan fingerprint density at radius 1 is 0.586 bits per heavy atom. The Hall–Kier alpha value is -5.80. The maximum Gasteiger partial charge on any atom is 0.416 e. The summed E-state index contributed by atoms with van der Waals surface area (Å²) in [6.45, 7) is 2.05. The van der Waals surface area contributed by atoms with Crippen LogP contribution in [0.25, 0.3) is 0 Å². The maximum atomic E-state index is 14.3. The molecule has 30 heteroatoms. The van der Waals surface area contributed by atoms with Crippen molar-refractivity contribution in [2.75, 3.05) is 60.5 Å². The Bertz CT molecular complexity index is 2140. The lowest BCUT2D eigenvalue weighted by Gasteiger charge is -2.22. The molecule has 390 valence electrons. The molecule has 70 heavy (non-hydrogen) atoms. The lowest BCUT2D eigenvalue weighted by Crippen LogP contribution is -2.24. The molecule has 3 heterocycles. The molecule has 0 radical (unpaired) electrons. The highest BCUT2D eigenvalue weighted by atomic mass is 35.5. The fourth-order valence-electron chi connectivity index (χ4n) is 6.62. The van der Waals surface area contributed by atoms with E-state index in [1.165, 1.54) is 0 Å². The molecule has 2 atom stereocenters. The molecule has 2 unspecified atom stereocenters. The number of nitrogens with one attached hydrogen (secondary N) is 6. The summed E-state index contributed by atoms with van der Waals surface area (Å²) in [4.78, 5) is 68.9. The number of amides is 4. The number of carbonyl (C=O) groups excluding carboxylic acids is 4. The Morgan fingerprint density at radius 3 is 1.26 bits per heavy atom. The number of hydrogen-bond acceptors (Lipinski definition) is 12. The Labute approximate surface area is 422 Å². The predicted molar refractivity (Wildman–Crippen MR) is 260 cm³/mol. The van der Waals surface area contributed by atoms with Gasteiger partial charge in [0.2, 0.25) is 11.8 Å². The molecule has 2 aliphatic rings. The molecule has 0 aliphatic carbocycles. The Morgan fingerprint density at radius 2 is 0.943 bits per heavy atom. The van der Waals surface area contributed by atoms with Crippen molar-refractivity contribution in [3.63, 3.8) is 0 Å². The topological polar surface area (TPSA) is 313 Å². The fourth-order valence-corrected chi connectivity index (χ4v) is 6.62. The van der Waals surface area contributed by atoms with Crippen molar-refractivity contribution in [1.82, 2.24) is 20.6 Å². The summed E-state index contributed by atoms with van der Waals surface area (Å²) in [5, 5.41) is 15.7. The second-order valence-electron chi connectivity index (χ2n) is 15.1. The van der Waals surface area contributed by atoms with Crippen LogP contribution in [0.1, 0.15) is 83.5 Å². The highest BCUT2D eigenvalue weighted by molar-refractivity contribution is 6.09. The molecular formula is C40H54Cl4F6N14O6. The molecule has 2 aliphatic heterocycles. The van der Waals surface area contributed by atoms with Crippen molar-refractivity contribution in [2.24, 2.45) is 32.9 Å². The number of rotatable bonds is 20. The molecule has 5 rings (SSSR count). The molecule has 1 aromatic heterocycles. The second-order valence-corrected chi connectivity index (χ2v) is 15.1. The SMILES string of the molecule is Cl.Cl.Cl.Cl.NC(N)=NCCCCC(=O)Nc1cc(C(F)(F)F)cc(NC(=O)c2cc(C(=O)Nc3cc(C(F)(F)F)cc(NC(=O)CCCCN=C(N)N)c3OC3CCNC3)ncn2)c1OC1CCNC1. The molecule has 14 N–H and O–H groups in total. The minimum atomic E-state index is -4.97. The van der Waals surface area contributed by atoms with Crippen LogP contribution in [0.2, 0.25) is 0 Å². The molecule has 0 saturated carbocycles. The Balaban J connectivity index is 0.00000612. The first-order valence-electron chi connectivity index (χ1n) is 20.7. The summed E-state index contributed by atoms with van der Waals surface area (Å²) in [5.41, 5.74) is 15.8. The lowest BCUT2D eigenvalue weighted by molar-refractivity contribution is -0.138. The average molecular weight is 1080 g/mol. The highest BCUT2D eigenvalue weighted by Gasteiger charge is 2.36. The third-order valence-electron chi connectivity index (χ3n) is 9.82. The number of ether oxygens (including phenoxy) is 2. The van der Waals surface area contributed by atoms with Gasteiger partial charge in [0, 0.05) is 45.1 Å². The van der Waals surface area contributed by atoms with Gasteiger partial charge in [-0.15, -0.1) is 49.6 Å². The second kappa shape index (κ2) is 28.8. The number of alkyl halides is 6. The number of aliphatic imine (C=N–C) groups is 2.